The number of carbonyl (C=O) groups excluding carboxylic acids is 1. The van der Waals surface area contributed by atoms with Gasteiger partial charge >= 0.3 is 0 Å². The van der Waals surface area contributed by atoms with Gasteiger partial charge in [-0.05, 0) is 37.1 Å². The van der Waals surface area contributed by atoms with Crippen molar-refractivity contribution in [2.24, 2.45) is 0 Å². The number of carbonyl (C=O) groups is 1. The smallest absolute Gasteiger partial charge is 0.254 e. The number of amides is 1. The van der Waals surface area contributed by atoms with Crippen molar-refractivity contribution >= 4 is 39.1 Å². The summed E-state index contributed by atoms with van der Waals surface area (Å²) in [6.45, 7) is 2.34. The number of piperidine rings is 1. The van der Waals surface area contributed by atoms with E-state index in [1.165, 1.54) is 4.70 Å². The van der Waals surface area contributed by atoms with Crippen LogP contribution in [0.2, 0.25) is 5.02 Å². The van der Waals surface area contributed by atoms with Crippen molar-refractivity contribution in [3.05, 3.63) is 52.0 Å². The molecule has 0 aliphatic carbocycles. The monoisotopic (exact) mass is 414 g/mol. The maximum absolute atomic E-state index is 13.1. The van der Waals surface area contributed by atoms with Gasteiger partial charge in [-0.1, -0.05) is 23.7 Å². The van der Waals surface area contributed by atoms with E-state index in [0.717, 1.165) is 29.9 Å². The Labute approximate surface area is 171 Å². The standard InChI is InChI=1S/C21H19ClN2O3S/c22-15-10-14(11-17-19(15)27-9-8-26-17)21(25)24-7-3-4-13(12-24)20-23-16-5-1-2-6-18(16)28-20/h1-2,5-6,10-11,13H,3-4,7-9,12H2/t13-/m1/s1. The van der Waals surface area contributed by atoms with Gasteiger partial charge in [0.05, 0.1) is 20.2 Å². The van der Waals surface area contributed by atoms with Crippen molar-refractivity contribution < 1.29 is 14.3 Å². The Morgan fingerprint density at radius 3 is 2.96 bits per heavy atom. The molecule has 0 spiro atoms. The molecule has 0 radical (unpaired) electrons. The van der Waals surface area contributed by atoms with Crippen LogP contribution in [0.3, 0.4) is 0 Å². The van der Waals surface area contributed by atoms with E-state index >= 15 is 0 Å². The summed E-state index contributed by atoms with van der Waals surface area (Å²) in [5.41, 5.74) is 1.57. The summed E-state index contributed by atoms with van der Waals surface area (Å²) >= 11 is 8.04. The summed E-state index contributed by atoms with van der Waals surface area (Å²) < 4.78 is 12.4. The van der Waals surface area contributed by atoms with Crippen LogP contribution in [0.5, 0.6) is 11.5 Å². The number of hydrogen-bond acceptors (Lipinski definition) is 5. The van der Waals surface area contributed by atoms with E-state index in [1.54, 1.807) is 23.5 Å². The second-order valence-corrected chi connectivity index (χ2v) is 8.56. The van der Waals surface area contributed by atoms with Crippen molar-refractivity contribution in [1.82, 2.24) is 9.88 Å². The maximum Gasteiger partial charge on any atom is 0.254 e. The van der Waals surface area contributed by atoms with E-state index in [2.05, 4.69) is 6.07 Å². The highest BCUT2D eigenvalue weighted by Gasteiger charge is 2.29. The third kappa shape index (κ3) is 3.20. The zero-order chi connectivity index (χ0) is 19.1. The molecule has 1 aromatic heterocycles. The molecule has 3 heterocycles. The molecular formula is C21H19ClN2O3S. The number of aromatic nitrogens is 1. The molecule has 5 rings (SSSR count). The quantitative estimate of drug-likeness (QED) is 0.607. The van der Waals surface area contributed by atoms with Gasteiger partial charge in [0.1, 0.15) is 13.2 Å². The lowest BCUT2D eigenvalue weighted by Crippen LogP contribution is -2.39. The van der Waals surface area contributed by atoms with Crippen molar-refractivity contribution in [2.75, 3.05) is 26.3 Å². The molecule has 0 N–H and O–H groups in total. The zero-order valence-electron chi connectivity index (χ0n) is 15.2. The summed E-state index contributed by atoms with van der Waals surface area (Å²) in [6, 6.07) is 11.6. The lowest BCUT2D eigenvalue weighted by molar-refractivity contribution is 0.0706. The van der Waals surface area contributed by atoms with E-state index in [-0.39, 0.29) is 11.8 Å². The van der Waals surface area contributed by atoms with Crippen LogP contribution in [-0.4, -0.2) is 42.1 Å². The molecule has 1 amide bonds. The molecule has 2 aliphatic heterocycles. The first-order valence-corrected chi connectivity index (χ1v) is 10.6. The molecule has 7 heteroatoms. The van der Waals surface area contributed by atoms with Gasteiger partial charge in [0.25, 0.3) is 5.91 Å². The van der Waals surface area contributed by atoms with Gasteiger partial charge in [-0.15, -0.1) is 11.3 Å². The van der Waals surface area contributed by atoms with Crippen molar-refractivity contribution in [3.63, 3.8) is 0 Å². The van der Waals surface area contributed by atoms with E-state index in [1.807, 2.05) is 23.1 Å². The van der Waals surface area contributed by atoms with Crippen LogP contribution in [0.1, 0.15) is 34.1 Å². The first-order valence-electron chi connectivity index (χ1n) is 9.43. The summed E-state index contributed by atoms with van der Waals surface area (Å²) in [6.07, 6.45) is 2.01. The Balaban J connectivity index is 1.39. The predicted molar refractivity (Wildman–Crippen MR) is 110 cm³/mol. The lowest BCUT2D eigenvalue weighted by atomic mass is 9.98. The van der Waals surface area contributed by atoms with Crippen LogP contribution in [0.4, 0.5) is 0 Å². The Morgan fingerprint density at radius 1 is 1.21 bits per heavy atom. The Kier molecular flexibility index (Phi) is 4.61. The van der Waals surface area contributed by atoms with Gasteiger partial charge in [0, 0.05) is 24.6 Å². The van der Waals surface area contributed by atoms with Crippen molar-refractivity contribution in [1.29, 1.82) is 0 Å². The predicted octanol–water partition coefficient (Wildman–Crippen LogP) is 4.74. The van der Waals surface area contributed by atoms with Gasteiger partial charge in [0.15, 0.2) is 11.5 Å². The molecule has 1 atom stereocenters. The van der Waals surface area contributed by atoms with E-state index in [9.17, 15) is 4.79 Å². The topological polar surface area (TPSA) is 51.7 Å². The van der Waals surface area contributed by atoms with Gasteiger partial charge in [0.2, 0.25) is 0 Å². The highest BCUT2D eigenvalue weighted by Crippen LogP contribution is 2.39. The third-order valence-corrected chi connectivity index (χ3v) is 6.69. The summed E-state index contributed by atoms with van der Waals surface area (Å²) in [4.78, 5) is 19.8. The third-order valence-electron chi connectivity index (χ3n) is 5.21. The fourth-order valence-corrected chi connectivity index (χ4v) is 5.20. The molecule has 1 saturated heterocycles. The van der Waals surface area contributed by atoms with Crippen LogP contribution >= 0.6 is 22.9 Å². The van der Waals surface area contributed by atoms with E-state index < -0.39 is 0 Å². The van der Waals surface area contributed by atoms with E-state index in [0.29, 0.717) is 41.8 Å². The Hall–Kier alpha value is -2.31. The molecule has 1 fully saturated rings. The molecule has 2 aliphatic rings. The number of likely N-dealkylation sites (tertiary alicyclic amines) is 1. The summed E-state index contributed by atoms with van der Waals surface area (Å²) in [7, 11) is 0. The molecule has 144 valence electrons. The molecule has 0 bridgehead atoms. The van der Waals surface area contributed by atoms with Gasteiger partial charge < -0.3 is 14.4 Å². The molecule has 0 unspecified atom stereocenters. The fraction of sp³-hybridized carbons (Fsp3) is 0.333. The number of ether oxygens (including phenoxy) is 2. The minimum absolute atomic E-state index is 0.0234. The molecular weight excluding hydrogens is 396 g/mol. The number of halogens is 1. The van der Waals surface area contributed by atoms with Crippen LogP contribution in [-0.2, 0) is 0 Å². The number of rotatable bonds is 2. The first-order chi connectivity index (χ1) is 13.7. The van der Waals surface area contributed by atoms with Crippen LogP contribution in [0, 0.1) is 0 Å². The maximum atomic E-state index is 13.1. The van der Waals surface area contributed by atoms with Crippen molar-refractivity contribution in [2.45, 2.75) is 18.8 Å². The Bertz CT molecular complexity index is 1020. The van der Waals surface area contributed by atoms with Gasteiger partial charge in [-0.2, -0.15) is 0 Å². The lowest BCUT2D eigenvalue weighted by Gasteiger charge is -2.32. The second-order valence-electron chi connectivity index (χ2n) is 7.09. The molecule has 0 saturated carbocycles. The highest BCUT2D eigenvalue weighted by atomic mass is 35.5. The number of fused-ring (bicyclic) bond motifs is 2. The van der Waals surface area contributed by atoms with Gasteiger partial charge in [-0.25, -0.2) is 4.98 Å². The summed E-state index contributed by atoms with van der Waals surface area (Å²) in [5.74, 6) is 1.31. The average molecular weight is 415 g/mol. The number of para-hydroxylation sites is 1. The normalized spacial score (nSPS) is 19.0. The number of nitrogens with zero attached hydrogens (tertiary/aromatic N) is 2. The van der Waals surface area contributed by atoms with Crippen LogP contribution in [0.25, 0.3) is 10.2 Å². The summed E-state index contributed by atoms with van der Waals surface area (Å²) in [5, 5.41) is 1.53. The van der Waals surface area contributed by atoms with Crippen molar-refractivity contribution in [3.8, 4) is 11.5 Å². The van der Waals surface area contributed by atoms with Crippen LogP contribution in [0.15, 0.2) is 36.4 Å². The zero-order valence-corrected chi connectivity index (χ0v) is 16.8. The molecule has 5 nitrogen and oxygen atoms in total. The number of hydrogen-bond donors (Lipinski definition) is 0. The molecule has 28 heavy (non-hydrogen) atoms. The highest BCUT2D eigenvalue weighted by molar-refractivity contribution is 7.18. The minimum Gasteiger partial charge on any atom is -0.486 e. The van der Waals surface area contributed by atoms with E-state index in [4.69, 9.17) is 26.1 Å². The first kappa shape index (κ1) is 17.8. The van der Waals surface area contributed by atoms with Gasteiger partial charge in [-0.3, -0.25) is 4.79 Å². The fourth-order valence-electron chi connectivity index (χ4n) is 3.84. The number of benzene rings is 2. The average Bonchev–Trinajstić information content (AvgIpc) is 3.18. The van der Waals surface area contributed by atoms with Crippen LogP contribution < -0.4 is 9.47 Å². The largest absolute Gasteiger partial charge is 0.486 e. The Morgan fingerprint density at radius 2 is 2.07 bits per heavy atom. The molecule has 2 aromatic carbocycles. The number of thiazole rings is 1. The minimum atomic E-state index is -0.0234. The molecule has 3 aromatic rings. The second kappa shape index (κ2) is 7.26. The SMILES string of the molecule is O=C(c1cc(Cl)c2c(c1)OCCO2)N1CCC[C@@H](c2nc3ccccc3s2)C1.